The molecule has 0 aliphatic rings. The fraction of sp³-hybridized carbons (Fsp3) is 0.333. The summed E-state index contributed by atoms with van der Waals surface area (Å²) >= 11 is 6.30. The van der Waals surface area contributed by atoms with Crippen molar-refractivity contribution >= 4 is 29.5 Å². The van der Waals surface area contributed by atoms with Crippen molar-refractivity contribution in [3.63, 3.8) is 0 Å². The Kier molecular flexibility index (Phi) is 2.41. The van der Waals surface area contributed by atoms with Gasteiger partial charge in [0.15, 0.2) is 3.95 Å². The van der Waals surface area contributed by atoms with Crippen molar-refractivity contribution in [2.45, 2.75) is 13.5 Å². The van der Waals surface area contributed by atoms with Crippen LogP contribution in [0.1, 0.15) is 5.69 Å². The summed E-state index contributed by atoms with van der Waals surface area (Å²) in [6.07, 6.45) is 0. The Hall–Kier alpha value is -0.680. The number of hydrogen-bond donors (Lipinski definition) is 1. The Morgan fingerprint density at radius 2 is 2.55 bits per heavy atom. The lowest BCUT2D eigenvalue weighted by Gasteiger charge is -1.98. The van der Waals surface area contributed by atoms with E-state index in [4.69, 9.17) is 17.3 Å². The lowest BCUT2D eigenvalue weighted by atomic mass is 10.5. The molecule has 0 aliphatic carbocycles. The molecule has 0 radical (unpaired) electrons. The van der Waals surface area contributed by atoms with Crippen molar-refractivity contribution in [2.24, 2.45) is 0 Å². The summed E-state index contributed by atoms with van der Waals surface area (Å²) < 4.78 is 2.22. The van der Waals surface area contributed by atoms with Crippen LogP contribution in [-0.2, 0) is 11.3 Å². The third kappa shape index (κ3) is 1.87. The summed E-state index contributed by atoms with van der Waals surface area (Å²) in [7, 11) is 0. The maximum absolute atomic E-state index is 10.3. The van der Waals surface area contributed by atoms with E-state index in [1.807, 2.05) is 12.3 Å². The van der Waals surface area contributed by atoms with Crippen molar-refractivity contribution in [3.05, 3.63) is 15.0 Å². The molecule has 0 saturated carbocycles. The third-order valence-electron chi connectivity index (χ3n) is 1.27. The minimum Gasteiger partial charge on any atom is -0.480 e. The van der Waals surface area contributed by atoms with Crippen LogP contribution in [0.15, 0.2) is 5.38 Å². The molecule has 0 bridgehead atoms. The highest BCUT2D eigenvalue weighted by Gasteiger charge is 2.03. The number of carbonyl (C=O) groups is 1. The molecule has 1 aromatic rings. The molecule has 1 aromatic heterocycles. The first-order valence-electron chi connectivity index (χ1n) is 2.98. The van der Waals surface area contributed by atoms with Gasteiger partial charge in [-0.05, 0) is 19.1 Å². The number of rotatable bonds is 2. The van der Waals surface area contributed by atoms with Crippen molar-refractivity contribution in [1.29, 1.82) is 0 Å². The molecular formula is C6H7NO2S2. The second kappa shape index (κ2) is 3.15. The number of thiazole rings is 1. The number of aromatic nitrogens is 1. The predicted octanol–water partition coefficient (Wildman–Crippen LogP) is 1.67. The Morgan fingerprint density at radius 3 is 2.91 bits per heavy atom. The van der Waals surface area contributed by atoms with Gasteiger partial charge in [-0.3, -0.25) is 4.79 Å². The van der Waals surface area contributed by atoms with Crippen LogP contribution in [0.4, 0.5) is 0 Å². The van der Waals surface area contributed by atoms with Crippen LogP contribution >= 0.6 is 23.6 Å². The number of carboxylic acid groups (broad SMARTS) is 1. The molecule has 0 saturated heterocycles. The summed E-state index contributed by atoms with van der Waals surface area (Å²) in [5, 5.41) is 10.3. The number of hydrogen-bond acceptors (Lipinski definition) is 3. The third-order valence-corrected chi connectivity index (χ3v) is 2.66. The first-order valence-corrected chi connectivity index (χ1v) is 4.27. The second-order valence-electron chi connectivity index (χ2n) is 2.12. The molecule has 0 spiro atoms. The summed E-state index contributed by atoms with van der Waals surface area (Å²) in [4.78, 5) is 10.3. The number of carboxylic acids is 1. The average Bonchev–Trinajstić information content (AvgIpc) is 2.18. The smallest absolute Gasteiger partial charge is 0.323 e. The molecular weight excluding hydrogens is 182 g/mol. The molecule has 60 valence electrons. The van der Waals surface area contributed by atoms with Gasteiger partial charge in [0.1, 0.15) is 6.54 Å². The Labute approximate surface area is 72.9 Å². The van der Waals surface area contributed by atoms with E-state index >= 15 is 0 Å². The molecule has 0 atom stereocenters. The molecule has 1 N–H and O–H groups in total. The van der Waals surface area contributed by atoms with E-state index in [0.717, 1.165) is 5.69 Å². The SMILES string of the molecule is Cc1csc(=S)n1CC(=O)O. The van der Waals surface area contributed by atoms with Gasteiger partial charge in [0.05, 0.1) is 0 Å². The van der Waals surface area contributed by atoms with E-state index in [9.17, 15) is 4.79 Å². The maximum atomic E-state index is 10.3. The van der Waals surface area contributed by atoms with E-state index < -0.39 is 5.97 Å². The molecule has 5 heteroatoms. The van der Waals surface area contributed by atoms with Gasteiger partial charge in [-0.2, -0.15) is 0 Å². The van der Waals surface area contributed by atoms with E-state index in [-0.39, 0.29) is 6.54 Å². The van der Waals surface area contributed by atoms with Gasteiger partial charge in [-0.15, -0.1) is 11.3 Å². The first-order chi connectivity index (χ1) is 5.11. The van der Waals surface area contributed by atoms with Crippen LogP contribution in [0, 0.1) is 10.9 Å². The molecule has 11 heavy (non-hydrogen) atoms. The molecule has 0 amide bonds. The second-order valence-corrected chi connectivity index (χ2v) is 3.63. The zero-order chi connectivity index (χ0) is 8.43. The fourth-order valence-electron chi connectivity index (χ4n) is 0.731. The normalized spacial score (nSPS) is 9.91. The number of aliphatic carboxylic acids is 1. The highest BCUT2D eigenvalue weighted by molar-refractivity contribution is 7.73. The van der Waals surface area contributed by atoms with Gasteiger partial charge in [0.2, 0.25) is 0 Å². The van der Waals surface area contributed by atoms with Crippen molar-refractivity contribution in [1.82, 2.24) is 4.57 Å². The molecule has 1 heterocycles. The number of aryl methyl sites for hydroxylation is 1. The maximum Gasteiger partial charge on any atom is 0.323 e. The van der Waals surface area contributed by atoms with Gasteiger partial charge in [-0.1, -0.05) is 0 Å². The standard InChI is InChI=1S/C6H7NO2S2/c1-4-3-11-6(10)7(4)2-5(8)9/h3H,2H2,1H3,(H,8,9). The zero-order valence-electron chi connectivity index (χ0n) is 5.90. The van der Waals surface area contributed by atoms with Gasteiger partial charge in [0, 0.05) is 11.1 Å². The van der Waals surface area contributed by atoms with E-state index in [2.05, 4.69) is 0 Å². The van der Waals surface area contributed by atoms with Crippen LogP contribution in [0.5, 0.6) is 0 Å². The lowest BCUT2D eigenvalue weighted by Crippen LogP contribution is -2.09. The Bertz CT molecular complexity index is 326. The molecule has 0 aromatic carbocycles. The van der Waals surface area contributed by atoms with Crippen LogP contribution in [0.3, 0.4) is 0 Å². The number of nitrogens with zero attached hydrogens (tertiary/aromatic N) is 1. The minimum atomic E-state index is -0.859. The lowest BCUT2D eigenvalue weighted by molar-refractivity contribution is -0.137. The summed E-state index contributed by atoms with van der Waals surface area (Å²) in [5.41, 5.74) is 0.905. The Balaban J connectivity index is 3.01. The van der Waals surface area contributed by atoms with E-state index in [1.54, 1.807) is 4.57 Å². The first kappa shape index (κ1) is 8.42. The van der Waals surface area contributed by atoms with Crippen LogP contribution in [0.25, 0.3) is 0 Å². The van der Waals surface area contributed by atoms with Crippen LogP contribution in [-0.4, -0.2) is 15.6 Å². The molecule has 0 aliphatic heterocycles. The zero-order valence-corrected chi connectivity index (χ0v) is 7.54. The molecule has 0 unspecified atom stereocenters. The van der Waals surface area contributed by atoms with Gasteiger partial charge >= 0.3 is 5.97 Å². The largest absolute Gasteiger partial charge is 0.480 e. The summed E-state index contributed by atoms with van der Waals surface area (Å²) in [6.45, 7) is 1.81. The summed E-state index contributed by atoms with van der Waals surface area (Å²) in [5.74, 6) is -0.859. The van der Waals surface area contributed by atoms with Crippen LogP contribution < -0.4 is 0 Å². The highest BCUT2D eigenvalue weighted by atomic mass is 32.1. The fourth-order valence-corrected chi connectivity index (χ4v) is 1.82. The molecule has 0 fully saturated rings. The van der Waals surface area contributed by atoms with Crippen molar-refractivity contribution in [2.75, 3.05) is 0 Å². The monoisotopic (exact) mass is 189 g/mol. The van der Waals surface area contributed by atoms with Gasteiger partial charge < -0.3 is 9.67 Å². The van der Waals surface area contributed by atoms with E-state index in [1.165, 1.54) is 11.3 Å². The van der Waals surface area contributed by atoms with Crippen molar-refractivity contribution in [3.8, 4) is 0 Å². The Morgan fingerprint density at radius 1 is 1.91 bits per heavy atom. The average molecular weight is 189 g/mol. The van der Waals surface area contributed by atoms with Gasteiger partial charge in [0.25, 0.3) is 0 Å². The quantitative estimate of drug-likeness (QED) is 0.720. The predicted molar refractivity (Wildman–Crippen MR) is 45.5 cm³/mol. The molecule has 1 rings (SSSR count). The molecule has 3 nitrogen and oxygen atoms in total. The topological polar surface area (TPSA) is 42.2 Å². The van der Waals surface area contributed by atoms with Gasteiger partial charge in [-0.25, -0.2) is 0 Å². The van der Waals surface area contributed by atoms with E-state index in [0.29, 0.717) is 3.95 Å². The van der Waals surface area contributed by atoms with Crippen LogP contribution in [0.2, 0.25) is 0 Å². The summed E-state index contributed by atoms with van der Waals surface area (Å²) in [6, 6.07) is 0. The van der Waals surface area contributed by atoms with Crippen molar-refractivity contribution < 1.29 is 9.90 Å². The minimum absolute atomic E-state index is 0.0336. The highest BCUT2D eigenvalue weighted by Crippen LogP contribution is 2.08.